The van der Waals surface area contributed by atoms with Crippen LogP contribution in [-0.4, -0.2) is 23.2 Å². The van der Waals surface area contributed by atoms with E-state index < -0.39 is 21.9 Å². The first-order valence-corrected chi connectivity index (χ1v) is 8.61. The van der Waals surface area contributed by atoms with E-state index in [0.29, 0.717) is 11.3 Å². The summed E-state index contributed by atoms with van der Waals surface area (Å²) in [4.78, 5) is 4.23. The third kappa shape index (κ3) is 3.50. The number of hydrogen-bond acceptors (Lipinski definition) is 4. The molecule has 0 saturated carbocycles. The summed E-state index contributed by atoms with van der Waals surface area (Å²) in [6, 6.07) is 10.1. The maximum atomic E-state index is 13.6. The van der Waals surface area contributed by atoms with Crippen LogP contribution in [0.5, 0.6) is 0 Å². The van der Waals surface area contributed by atoms with Crippen molar-refractivity contribution in [2.24, 2.45) is 7.05 Å². The lowest BCUT2D eigenvalue weighted by Crippen LogP contribution is -2.30. The molecule has 0 aliphatic carbocycles. The van der Waals surface area contributed by atoms with Gasteiger partial charge in [0.05, 0.1) is 17.9 Å². The molecule has 6 nitrogen and oxygen atoms in total. The van der Waals surface area contributed by atoms with Gasteiger partial charge in [0.25, 0.3) is 0 Å². The van der Waals surface area contributed by atoms with Gasteiger partial charge in [-0.2, -0.15) is 9.82 Å². The zero-order chi connectivity index (χ0) is 17.2. The van der Waals surface area contributed by atoms with Gasteiger partial charge in [0, 0.05) is 19.4 Å². The normalized spacial score (nSPS) is 12.9. The lowest BCUT2D eigenvalue weighted by Gasteiger charge is -2.18. The van der Waals surface area contributed by atoms with E-state index in [1.807, 2.05) is 0 Å². The number of benzene rings is 1. The van der Waals surface area contributed by atoms with Crippen LogP contribution in [-0.2, 0) is 17.1 Å². The molecule has 0 unspecified atom stereocenters. The van der Waals surface area contributed by atoms with Crippen LogP contribution < -0.4 is 4.72 Å². The van der Waals surface area contributed by atoms with E-state index in [1.165, 1.54) is 35.3 Å². The van der Waals surface area contributed by atoms with Gasteiger partial charge in [-0.3, -0.25) is 9.67 Å². The second kappa shape index (κ2) is 6.50. The Bertz CT molecular complexity index is 941. The van der Waals surface area contributed by atoms with Gasteiger partial charge in [-0.25, -0.2) is 12.8 Å². The average Bonchev–Trinajstić information content (AvgIpc) is 3.01. The largest absolute Gasteiger partial charge is 0.274 e. The van der Waals surface area contributed by atoms with Gasteiger partial charge in [0.2, 0.25) is 10.0 Å². The Morgan fingerprint density at radius 3 is 2.67 bits per heavy atom. The Kier molecular flexibility index (Phi) is 4.41. The number of aryl methyl sites for hydroxylation is 1. The molecule has 2 aromatic heterocycles. The summed E-state index contributed by atoms with van der Waals surface area (Å²) in [5, 5.41) is 3.87. The summed E-state index contributed by atoms with van der Waals surface area (Å²) in [5.74, 6) is -0.450. The zero-order valence-electron chi connectivity index (χ0n) is 12.8. The summed E-state index contributed by atoms with van der Waals surface area (Å²) in [6.07, 6.45) is 4.20. The molecule has 0 fully saturated rings. The first-order chi connectivity index (χ1) is 11.5. The SMILES string of the molecule is Cn1cc(S(=O)(=O)N[C@H](c2cccc(F)c2)c2ccccn2)cn1. The van der Waals surface area contributed by atoms with Gasteiger partial charge in [-0.1, -0.05) is 18.2 Å². The quantitative estimate of drug-likeness (QED) is 0.767. The van der Waals surface area contributed by atoms with Crippen molar-refractivity contribution >= 4 is 10.0 Å². The van der Waals surface area contributed by atoms with Crippen LogP contribution in [0.15, 0.2) is 66.0 Å². The van der Waals surface area contributed by atoms with Crippen LogP contribution in [0.2, 0.25) is 0 Å². The van der Waals surface area contributed by atoms with Crippen molar-refractivity contribution in [1.29, 1.82) is 0 Å². The van der Waals surface area contributed by atoms with Crippen molar-refractivity contribution in [3.05, 3.63) is 78.1 Å². The first-order valence-electron chi connectivity index (χ1n) is 7.13. The highest BCUT2D eigenvalue weighted by atomic mass is 32.2. The van der Waals surface area contributed by atoms with E-state index in [2.05, 4.69) is 14.8 Å². The van der Waals surface area contributed by atoms with Crippen molar-refractivity contribution in [2.75, 3.05) is 0 Å². The molecule has 1 N–H and O–H groups in total. The number of aromatic nitrogens is 3. The Hall–Kier alpha value is -2.58. The molecule has 0 aliphatic heterocycles. The summed E-state index contributed by atoms with van der Waals surface area (Å²) < 4.78 is 42.8. The molecule has 0 aliphatic rings. The molecule has 3 rings (SSSR count). The van der Waals surface area contributed by atoms with Crippen LogP contribution in [0.25, 0.3) is 0 Å². The topological polar surface area (TPSA) is 76.9 Å². The molecule has 0 bridgehead atoms. The van der Waals surface area contributed by atoms with Gasteiger partial charge in [0.1, 0.15) is 10.7 Å². The fraction of sp³-hybridized carbons (Fsp3) is 0.125. The van der Waals surface area contributed by atoms with Gasteiger partial charge in [-0.15, -0.1) is 0 Å². The molecular formula is C16H15FN4O2S. The predicted molar refractivity (Wildman–Crippen MR) is 86.0 cm³/mol. The van der Waals surface area contributed by atoms with Gasteiger partial charge >= 0.3 is 0 Å². The molecule has 0 radical (unpaired) electrons. The molecular weight excluding hydrogens is 331 g/mol. The van der Waals surface area contributed by atoms with E-state index in [4.69, 9.17) is 0 Å². The van der Waals surface area contributed by atoms with Crippen molar-refractivity contribution in [2.45, 2.75) is 10.9 Å². The predicted octanol–water partition coefficient (Wildman–Crippen LogP) is 2.02. The minimum atomic E-state index is -3.84. The number of nitrogens with one attached hydrogen (secondary N) is 1. The number of nitrogens with zero attached hydrogens (tertiary/aromatic N) is 3. The maximum Gasteiger partial charge on any atom is 0.244 e. The first kappa shape index (κ1) is 16.3. The smallest absolute Gasteiger partial charge is 0.244 e. The standard InChI is InChI=1S/C16H15FN4O2S/c1-21-11-14(10-19-21)24(22,23)20-16(15-7-2-3-8-18-15)12-5-4-6-13(17)9-12/h2-11,16,20H,1H3/t16-/m1/s1. The molecule has 3 aromatic rings. The van der Waals surface area contributed by atoms with Crippen molar-refractivity contribution in [1.82, 2.24) is 19.5 Å². The molecule has 124 valence electrons. The van der Waals surface area contributed by atoms with Crippen molar-refractivity contribution in [3.63, 3.8) is 0 Å². The Labute approximate surface area is 139 Å². The molecule has 8 heteroatoms. The molecule has 0 saturated heterocycles. The van der Waals surface area contributed by atoms with E-state index in [1.54, 1.807) is 37.5 Å². The van der Waals surface area contributed by atoms with Crippen molar-refractivity contribution in [3.8, 4) is 0 Å². The van der Waals surface area contributed by atoms with E-state index >= 15 is 0 Å². The highest BCUT2D eigenvalue weighted by molar-refractivity contribution is 7.89. The summed E-state index contributed by atoms with van der Waals surface area (Å²) in [6.45, 7) is 0. The maximum absolute atomic E-state index is 13.6. The Morgan fingerprint density at radius 2 is 2.04 bits per heavy atom. The Morgan fingerprint density at radius 1 is 1.21 bits per heavy atom. The summed E-state index contributed by atoms with van der Waals surface area (Å²) in [5.41, 5.74) is 0.928. The molecule has 24 heavy (non-hydrogen) atoms. The monoisotopic (exact) mass is 346 g/mol. The second-order valence-electron chi connectivity index (χ2n) is 5.21. The summed E-state index contributed by atoms with van der Waals surface area (Å²) >= 11 is 0. The van der Waals surface area contributed by atoms with E-state index in [-0.39, 0.29) is 4.90 Å². The molecule has 2 heterocycles. The van der Waals surface area contributed by atoms with Gasteiger partial charge < -0.3 is 0 Å². The van der Waals surface area contributed by atoms with E-state index in [0.717, 1.165) is 0 Å². The number of hydrogen-bond donors (Lipinski definition) is 1. The van der Waals surface area contributed by atoms with Crippen LogP contribution in [0, 0.1) is 5.82 Å². The fourth-order valence-corrected chi connectivity index (χ4v) is 3.47. The second-order valence-corrected chi connectivity index (χ2v) is 6.93. The fourth-order valence-electron chi connectivity index (χ4n) is 2.29. The Balaban J connectivity index is 2.03. The van der Waals surface area contributed by atoms with Crippen LogP contribution in [0.3, 0.4) is 0 Å². The molecule has 0 amide bonds. The average molecular weight is 346 g/mol. The highest BCUT2D eigenvalue weighted by Crippen LogP contribution is 2.23. The lowest BCUT2D eigenvalue weighted by atomic mass is 10.0. The highest BCUT2D eigenvalue weighted by Gasteiger charge is 2.25. The minimum absolute atomic E-state index is 0.0299. The molecule has 1 aromatic carbocycles. The molecule has 0 spiro atoms. The van der Waals surface area contributed by atoms with E-state index in [9.17, 15) is 12.8 Å². The van der Waals surface area contributed by atoms with Crippen LogP contribution in [0.4, 0.5) is 4.39 Å². The lowest BCUT2D eigenvalue weighted by molar-refractivity contribution is 0.568. The van der Waals surface area contributed by atoms with Crippen LogP contribution >= 0.6 is 0 Å². The summed E-state index contributed by atoms with van der Waals surface area (Å²) in [7, 11) is -2.22. The number of halogens is 1. The number of rotatable bonds is 5. The number of sulfonamides is 1. The minimum Gasteiger partial charge on any atom is -0.274 e. The van der Waals surface area contributed by atoms with Gasteiger partial charge in [0.15, 0.2) is 0 Å². The van der Waals surface area contributed by atoms with Gasteiger partial charge in [-0.05, 0) is 29.8 Å². The molecule has 1 atom stereocenters. The third-order valence-corrected chi connectivity index (χ3v) is 4.81. The van der Waals surface area contributed by atoms with Crippen LogP contribution in [0.1, 0.15) is 17.3 Å². The van der Waals surface area contributed by atoms with Crippen molar-refractivity contribution < 1.29 is 12.8 Å². The third-order valence-electron chi connectivity index (χ3n) is 3.43. The zero-order valence-corrected chi connectivity index (χ0v) is 13.6. The number of pyridine rings is 1.